The fourth-order valence-corrected chi connectivity index (χ4v) is 2.99. The van der Waals surface area contributed by atoms with Gasteiger partial charge in [0.2, 0.25) is 0 Å². The Morgan fingerprint density at radius 2 is 2.37 bits per heavy atom. The lowest BCUT2D eigenvalue weighted by molar-refractivity contribution is 0.0294. The lowest BCUT2D eigenvalue weighted by Crippen LogP contribution is -2.46. The first-order valence-corrected chi connectivity index (χ1v) is 7.24. The average Bonchev–Trinajstić information content (AvgIpc) is 2.41. The maximum Gasteiger partial charge on any atom is 0.404 e. The lowest BCUT2D eigenvalue weighted by atomic mass is 9.96. The maximum atomic E-state index is 10.8. The highest BCUT2D eigenvalue weighted by molar-refractivity contribution is 5.64. The number of nitrogens with zero attached hydrogens (tertiary/aromatic N) is 1. The number of carbonyl (C=O) groups excluding carboxylic acids is 1. The lowest BCUT2D eigenvalue weighted by Gasteiger charge is -2.39. The number of piperidine rings is 1. The Balaban J connectivity index is 1.89. The summed E-state index contributed by atoms with van der Waals surface area (Å²) in [6, 6.07) is 0.481. The van der Waals surface area contributed by atoms with E-state index in [4.69, 9.17) is 10.5 Å². The number of hydrogen-bond acceptors (Lipinski definition) is 3. The van der Waals surface area contributed by atoms with Gasteiger partial charge < -0.3 is 10.5 Å². The van der Waals surface area contributed by atoms with Gasteiger partial charge in [-0.2, -0.15) is 0 Å². The number of likely N-dealkylation sites (tertiary alicyclic amines) is 1. The van der Waals surface area contributed by atoms with E-state index in [1.165, 1.54) is 5.57 Å². The molecule has 0 bridgehead atoms. The summed E-state index contributed by atoms with van der Waals surface area (Å²) in [6.07, 6.45) is 11.3. The van der Waals surface area contributed by atoms with Crippen molar-refractivity contribution >= 4 is 6.09 Å². The fourth-order valence-electron chi connectivity index (χ4n) is 2.99. The molecule has 19 heavy (non-hydrogen) atoms. The minimum Gasteiger partial charge on any atom is -0.446 e. The number of nitrogens with two attached hydrogens (primary N) is 1. The third-order valence-electron chi connectivity index (χ3n) is 4.00. The molecule has 1 amide bonds. The van der Waals surface area contributed by atoms with E-state index in [-0.39, 0.29) is 6.10 Å². The van der Waals surface area contributed by atoms with Gasteiger partial charge in [-0.3, -0.25) is 4.90 Å². The van der Waals surface area contributed by atoms with Crippen molar-refractivity contribution in [2.45, 2.75) is 51.2 Å². The van der Waals surface area contributed by atoms with Crippen LogP contribution in [0.2, 0.25) is 0 Å². The van der Waals surface area contributed by atoms with Gasteiger partial charge in [-0.15, -0.1) is 0 Å². The molecule has 1 saturated heterocycles. The third-order valence-corrected chi connectivity index (χ3v) is 4.00. The summed E-state index contributed by atoms with van der Waals surface area (Å²) < 4.78 is 5.15. The quantitative estimate of drug-likeness (QED) is 0.849. The first-order chi connectivity index (χ1) is 9.19. The molecule has 4 heteroatoms. The summed E-state index contributed by atoms with van der Waals surface area (Å²) in [4.78, 5) is 13.3. The zero-order valence-corrected chi connectivity index (χ0v) is 11.7. The summed E-state index contributed by atoms with van der Waals surface area (Å²) in [5.74, 6) is 0. The third kappa shape index (κ3) is 4.10. The van der Waals surface area contributed by atoms with Crippen LogP contribution in [0.4, 0.5) is 4.79 Å². The van der Waals surface area contributed by atoms with E-state index in [2.05, 4.69) is 30.1 Å². The van der Waals surface area contributed by atoms with Crippen molar-refractivity contribution in [3.8, 4) is 0 Å². The second-order valence-corrected chi connectivity index (χ2v) is 5.37. The van der Waals surface area contributed by atoms with Crippen LogP contribution in [-0.4, -0.2) is 36.2 Å². The molecule has 106 valence electrons. The number of amides is 1. The number of allylic oxidation sites excluding steroid dienone is 2. The average molecular weight is 264 g/mol. The predicted molar refractivity (Wildman–Crippen MR) is 75.8 cm³/mol. The summed E-state index contributed by atoms with van der Waals surface area (Å²) in [5.41, 5.74) is 6.52. The van der Waals surface area contributed by atoms with Crippen LogP contribution in [0.25, 0.3) is 0 Å². The zero-order chi connectivity index (χ0) is 13.7. The molecule has 1 heterocycles. The Bertz CT molecular complexity index is 376. The predicted octanol–water partition coefficient (Wildman–Crippen LogP) is 2.60. The summed E-state index contributed by atoms with van der Waals surface area (Å²) >= 11 is 0. The van der Waals surface area contributed by atoms with Crippen molar-refractivity contribution in [3.63, 3.8) is 0 Å². The number of primary amides is 1. The van der Waals surface area contributed by atoms with Crippen molar-refractivity contribution in [1.82, 2.24) is 4.90 Å². The van der Waals surface area contributed by atoms with Gasteiger partial charge >= 0.3 is 6.09 Å². The molecular formula is C15H24N2O2. The van der Waals surface area contributed by atoms with E-state index in [9.17, 15) is 4.79 Å². The summed E-state index contributed by atoms with van der Waals surface area (Å²) in [5, 5.41) is 0. The van der Waals surface area contributed by atoms with Crippen LogP contribution >= 0.6 is 0 Å². The van der Waals surface area contributed by atoms with Crippen LogP contribution in [-0.2, 0) is 4.74 Å². The van der Waals surface area contributed by atoms with Crippen molar-refractivity contribution in [2.24, 2.45) is 5.73 Å². The van der Waals surface area contributed by atoms with Gasteiger partial charge in [0.25, 0.3) is 0 Å². The van der Waals surface area contributed by atoms with Crippen molar-refractivity contribution in [2.75, 3.05) is 13.1 Å². The van der Waals surface area contributed by atoms with E-state index in [0.29, 0.717) is 6.04 Å². The Morgan fingerprint density at radius 1 is 1.53 bits per heavy atom. The van der Waals surface area contributed by atoms with E-state index in [1.54, 1.807) is 0 Å². The topological polar surface area (TPSA) is 55.6 Å². The molecular weight excluding hydrogens is 240 g/mol. The molecule has 2 N–H and O–H groups in total. The highest BCUT2D eigenvalue weighted by Gasteiger charge is 2.29. The van der Waals surface area contributed by atoms with Crippen LogP contribution < -0.4 is 5.73 Å². The summed E-state index contributed by atoms with van der Waals surface area (Å²) in [6.45, 7) is 4.18. The number of hydrogen-bond donors (Lipinski definition) is 1. The molecule has 0 aromatic carbocycles. The van der Waals surface area contributed by atoms with Gasteiger partial charge in [-0.1, -0.05) is 25.2 Å². The van der Waals surface area contributed by atoms with Crippen LogP contribution in [0, 0.1) is 0 Å². The standard InChI is InChI=1S/C15H24N2O2/c1-2-13-10-14(19-15(16)18)8-9-17(13)11-12-6-4-3-5-7-12/h4,6-7,13-14H,2-3,5,8-11H2,1H3,(H2,16,18). The molecule has 0 saturated carbocycles. The maximum absolute atomic E-state index is 10.8. The number of ether oxygens (including phenoxy) is 1. The molecule has 2 aliphatic rings. The van der Waals surface area contributed by atoms with Gasteiger partial charge in [0, 0.05) is 25.6 Å². The highest BCUT2D eigenvalue weighted by Crippen LogP contribution is 2.24. The Hall–Kier alpha value is -1.29. The second-order valence-electron chi connectivity index (χ2n) is 5.37. The molecule has 2 rings (SSSR count). The van der Waals surface area contributed by atoms with Gasteiger partial charge in [-0.25, -0.2) is 4.79 Å². The molecule has 4 nitrogen and oxygen atoms in total. The molecule has 2 atom stereocenters. The monoisotopic (exact) mass is 264 g/mol. The molecule has 1 aliphatic heterocycles. The first kappa shape index (κ1) is 14.1. The van der Waals surface area contributed by atoms with Crippen molar-refractivity contribution < 1.29 is 9.53 Å². The Morgan fingerprint density at radius 3 is 3.00 bits per heavy atom. The van der Waals surface area contributed by atoms with Crippen LogP contribution in [0.3, 0.4) is 0 Å². The van der Waals surface area contributed by atoms with Gasteiger partial charge in [0.05, 0.1) is 0 Å². The van der Waals surface area contributed by atoms with E-state index in [0.717, 1.165) is 45.2 Å². The molecule has 1 fully saturated rings. The van der Waals surface area contributed by atoms with E-state index < -0.39 is 6.09 Å². The van der Waals surface area contributed by atoms with Gasteiger partial charge in [0.1, 0.15) is 6.10 Å². The summed E-state index contributed by atoms with van der Waals surface area (Å²) in [7, 11) is 0. The van der Waals surface area contributed by atoms with Gasteiger partial charge in [0.15, 0.2) is 0 Å². The largest absolute Gasteiger partial charge is 0.446 e. The normalized spacial score (nSPS) is 27.9. The molecule has 2 unspecified atom stereocenters. The molecule has 0 aromatic heterocycles. The minimum atomic E-state index is -0.647. The first-order valence-electron chi connectivity index (χ1n) is 7.24. The number of rotatable bonds is 4. The number of carbonyl (C=O) groups is 1. The van der Waals surface area contributed by atoms with Crippen LogP contribution in [0.15, 0.2) is 23.8 Å². The van der Waals surface area contributed by atoms with Crippen molar-refractivity contribution in [3.05, 3.63) is 23.8 Å². The van der Waals surface area contributed by atoms with Gasteiger partial charge in [-0.05, 0) is 31.3 Å². The van der Waals surface area contributed by atoms with Crippen molar-refractivity contribution in [1.29, 1.82) is 0 Å². The smallest absolute Gasteiger partial charge is 0.404 e. The van der Waals surface area contributed by atoms with E-state index >= 15 is 0 Å². The second kappa shape index (κ2) is 6.75. The van der Waals surface area contributed by atoms with E-state index in [1.807, 2.05) is 0 Å². The SMILES string of the molecule is CCC1CC(OC(N)=O)CCN1CC1=CCCC=C1. The van der Waals surface area contributed by atoms with Crippen LogP contribution in [0.1, 0.15) is 39.0 Å². The minimum absolute atomic E-state index is 0.00502. The van der Waals surface area contributed by atoms with Crippen LogP contribution in [0.5, 0.6) is 0 Å². The molecule has 1 aliphatic carbocycles. The molecule has 0 spiro atoms. The Labute approximate surface area is 115 Å². The molecule has 0 aromatic rings. The highest BCUT2D eigenvalue weighted by atomic mass is 16.6. The fraction of sp³-hybridized carbons (Fsp3) is 0.667. The molecule has 0 radical (unpaired) electrons. The Kier molecular flexibility index (Phi) is 5.02. The zero-order valence-electron chi connectivity index (χ0n) is 11.7.